The van der Waals surface area contributed by atoms with Gasteiger partial charge in [0.1, 0.15) is 8.07 Å². The standard InChI is InChI=1S/C15H19ClOSi/c1-15(2,3)18(4,5)14(17)11-8-12-6-9-13(16)10-7-12/h6-7,9-10H,1-5H3. The fraction of sp³-hybridized carbons (Fsp3) is 0.400. The molecule has 18 heavy (non-hydrogen) atoms. The van der Waals surface area contributed by atoms with E-state index in [2.05, 4.69) is 45.7 Å². The Hall–Kier alpha value is -1.04. The molecule has 0 atom stereocenters. The third-order valence-corrected chi connectivity index (χ3v) is 8.87. The Morgan fingerprint density at radius 3 is 2.11 bits per heavy atom. The van der Waals surface area contributed by atoms with E-state index >= 15 is 0 Å². The van der Waals surface area contributed by atoms with Gasteiger partial charge in [0.25, 0.3) is 0 Å². The highest BCUT2D eigenvalue weighted by Crippen LogP contribution is 2.36. The first-order valence-corrected chi connectivity index (χ1v) is 9.34. The van der Waals surface area contributed by atoms with Gasteiger partial charge in [-0.2, -0.15) is 0 Å². The molecular formula is C15H19ClOSi. The second kappa shape index (κ2) is 5.30. The van der Waals surface area contributed by atoms with Crippen LogP contribution in [0.1, 0.15) is 26.3 Å². The number of carbonyl (C=O) groups is 1. The number of hydrogen-bond donors (Lipinski definition) is 0. The van der Waals surface area contributed by atoms with Crippen molar-refractivity contribution in [1.29, 1.82) is 0 Å². The minimum absolute atomic E-state index is 0.0265. The van der Waals surface area contributed by atoms with Gasteiger partial charge in [-0.05, 0) is 35.2 Å². The minimum Gasteiger partial charge on any atom is -0.291 e. The molecule has 0 spiro atoms. The molecule has 0 N–H and O–H groups in total. The Kier molecular flexibility index (Phi) is 4.42. The van der Waals surface area contributed by atoms with Gasteiger partial charge in [-0.3, -0.25) is 4.79 Å². The Morgan fingerprint density at radius 2 is 1.67 bits per heavy atom. The summed E-state index contributed by atoms with van der Waals surface area (Å²) in [4.78, 5) is 12.2. The second-order valence-corrected chi connectivity index (χ2v) is 11.6. The number of halogens is 1. The van der Waals surface area contributed by atoms with Crippen molar-refractivity contribution in [2.45, 2.75) is 38.9 Å². The molecule has 0 heterocycles. The first kappa shape index (κ1) is 15.0. The topological polar surface area (TPSA) is 17.1 Å². The van der Waals surface area contributed by atoms with Crippen LogP contribution in [-0.4, -0.2) is 13.5 Å². The van der Waals surface area contributed by atoms with Crippen LogP contribution in [0, 0.1) is 11.8 Å². The summed E-state index contributed by atoms with van der Waals surface area (Å²) in [5.74, 6) is 5.72. The minimum atomic E-state index is -2.01. The van der Waals surface area contributed by atoms with Crippen molar-refractivity contribution >= 4 is 25.1 Å². The molecule has 0 radical (unpaired) electrons. The van der Waals surface area contributed by atoms with E-state index in [1.54, 1.807) is 12.1 Å². The van der Waals surface area contributed by atoms with Crippen LogP contribution in [0.25, 0.3) is 0 Å². The molecule has 96 valence electrons. The second-order valence-electron chi connectivity index (χ2n) is 5.96. The van der Waals surface area contributed by atoms with E-state index < -0.39 is 8.07 Å². The largest absolute Gasteiger partial charge is 0.291 e. The molecule has 1 aromatic carbocycles. The number of benzene rings is 1. The molecule has 0 aromatic heterocycles. The lowest BCUT2D eigenvalue weighted by molar-refractivity contribution is -0.108. The van der Waals surface area contributed by atoms with E-state index in [1.807, 2.05) is 12.1 Å². The van der Waals surface area contributed by atoms with E-state index in [9.17, 15) is 4.79 Å². The fourth-order valence-corrected chi connectivity index (χ4v) is 2.34. The molecule has 0 unspecified atom stereocenters. The van der Waals surface area contributed by atoms with Crippen LogP contribution in [0.2, 0.25) is 23.2 Å². The van der Waals surface area contributed by atoms with Crippen molar-refractivity contribution < 1.29 is 4.79 Å². The molecule has 1 aromatic rings. The van der Waals surface area contributed by atoms with Crippen molar-refractivity contribution in [3.05, 3.63) is 34.9 Å². The van der Waals surface area contributed by atoms with Crippen molar-refractivity contribution in [1.82, 2.24) is 0 Å². The van der Waals surface area contributed by atoms with Crippen LogP contribution in [0.3, 0.4) is 0 Å². The molecule has 1 rings (SSSR count). The Morgan fingerprint density at radius 1 is 1.17 bits per heavy atom. The number of rotatable bonds is 1. The van der Waals surface area contributed by atoms with Gasteiger partial charge in [0.2, 0.25) is 0 Å². The van der Waals surface area contributed by atoms with E-state index in [0.29, 0.717) is 5.02 Å². The predicted molar refractivity (Wildman–Crippen MR) is 80.5 cm³/mol. The highest BCUT2D eigenvalue weighted by Gasteiger charge is 2.41. The summed E-state index contributed by atoms with van der Waals surface area (Å²) in [7, 11) is -2.01. The Balaban J connectivity index is 2.93. The summed E-state index contributed by atoms with van der Waals surface area (Å²) in [5.41, 5.74) is 0.825. The molecule has 0 aliphatic heterocycles. The van der Waals surface area contributed by atoms with E-state index in [0.717, 1.165) is 5.56 Å². The van der Waals surface area contributed by atoms with Gasteiger partial charge < -0.3 is 0 Å². The van der Waals surface area contributed by atoms with Crippen LogP contribution in [0.4, 0.5) is 0 Å². The van der Waals surface area contributed by atoms with Gasteiger partial charge in [0, 0.05) is 10.6 Å². The number of hydrogen-bond acceptors (Lipinski definition) is 1. The lowest BCUT2D eigenvalue weighted by Gasteiger charge is -2.33. The highest BCUT2D eigenvalue weighted by molar-refractivity contribution is 7.08. The van der Waals surface area contributed by atoms with E-state index in [4.69, 9.17) is 11.6 Å². The van der Waals surface area contributed by atoms with Crippen molar-refractivity contribution in [2.75, 3.05) is 0 Å². The van der Waals surface area contributed by atoms with Crippen LogP contribution in [0.15, 0.2) is 24.3 Å². The van der Waals surface area contributed by atoms with E-state index in [-0.39, 0.29) is 10.4 Å². The average molecular weight is 279 g/mol. The fourth-order valence-electron chi connectivity index (χ4n) is 1.16. The van der Waals surface area contributed by atoms with Gasteiger partial charge in [0.15, 0.2) is 5.41 Å². The molecule has 3 heteroatoms. The summed E-state index contributed by atoms with van der Waals surface area (Å²) in [6, 6.07) is 7.22. The third-order valence-electron chi connectivity index (χ3n) is 3.61. The summed E-state index contributed by atoms with van der Waals surface area (Å²) < 4.78 is 0. The zero-order chi connectivity index (χ0) is 14.0. The molecule has 0 bridgehead atoms. The van der Waals surface area contributed by atoms with Crippen LogP contribution in [0.5, 0.6) is 0 Å². The molecule has 0 saturated carbocycles. The van der Waals surface area contributed by atoms with Crippen LogP contribution in [-0.2, 0) is 4.79 Å². The first-order valence-electron chi connectivity index (χ1n) is 5.96. The molecule has 0 saturated heterocycles. The van der Waals surface area contributed by atoms with Gasteiger partial charge in [-0.25, -0.2) is 0 Å². The monoisotopic (exact) mass is 278 g/mol. The average Bonchev–Trinajstić information content (AvgIpc) is 2.26. The lowest BCUT2D eigenvalue weighted by atomic mass is 10.2. The van der Waals surface area contributed by atoms with Crippen molar-refractivity contribution in [3.63, 3.8) is 0 Å². The summed E-state index contributed by atoms with van der Waals surface area (Å²) in [5, 5.41) is 0.805. The first-order chi connectivity index (χ1) is 8.14. The SMILES string of the molecule is CC(C)(C)[Si](C)(C)C(=O)C#Cc1ccc(Cl)cc1. The van der Waals surface area contributed by atoms with Gasteiger partial charge in [-0.1, -0.05) is 51.4 Å². The van der Waals surface area contributed by atoms with Gasteiger partial charge in [-0.15, -0.1) is 0 Å². The van der Waals surface area contributed by atoms with Gasteiger partial charge >= 0.3 is 0 Å². The van der Waals surface area contributed by atoms with Gasteiger partial charge in [0.05, 0.1) is 0 Å². The molecule has 0 fully saturated rings. The maximum Gasteiger partial charge on any atom is 0.181 e. The maximum atomic E-state index is 12.2. The maximum absolute atomic E-state index is 12.2. The Labute approximate surface area is 116 Å². The highest BCUT2D eigenvalue weighted by atomic mass is 35.5. The van der Waals surface area contributed by atoms with Crippen LogP contribution >= 0.6 is 11.6 Å². The smallest absolute Gasteiger partial charge is 0.181 e. The molecule has 0 aliphatic rings. The van der Waals surface area contributed by atoms with Crippen molar-refractivity contribution in [2.24, 2.45) is 0 Å². The summed E-state index contributed by atoms with van der Waals surface area (Å²) >= 11 is 5.80. The summed E-state index contributed by atoms with van der Waals surface area (Å²) in [6.07, 6.45) is 0. The van der Waals surface area contributed by atoms with Crippen LogP contribution < -0.4 is 0 Å². The molecule has 1 nitrogen and oxygen atoms in total. The molecule has 0 aliphatic carbocycles. The molecular weight excluding hydrogens is 260 g/mol. The molecule has 0 amide bonds. The third kappa shape index (κ3) is 3.47. The number of carbonyl (C=O) groups excluding carboxylic acids is 1. The van der Waals surface area contributed by atoms with Crippen molar-refractivity contribution in [3.8, 4) is 11.8 Å². The van der Waals surface area contributed by atoms with E-state index in [1.165, 1.54) is 0 Å². The zero-order valence-corrected chi connectivity index (χ0v) is 13.4. The lowest BCUT2D eigenvalue weighted by Crippen LogP contribution is -2.45. The quantitative estimate of drug-likeness (QED) is 0.553. The zero-order valence-electron chi connectivity index (χ0n) is 11.6. The predicted octanol–water partition coefficient (Wildman–Crippen LogP) is 4.31. The summed E-state index contributed by atoms with van der Waals surface area (Å²) in [6.45, 7) is 10.5. The Bertz CT molecular complexity index is 498. The normalized spacial score (nSPS) is 11.7.